The number of benzene rings is 1. The lowest BCUT2D eigenvalue weighted by atomic mass is 9.83. The van der Waals surface area contributed by atoms with Gasteiger partial charge in [0.05, 0.1) is 13.7 Å². The first-order chi connectivity index (χ1) is 15.1. The second-order valence-electron chi connectivity index (χ2n) is 11.7. The van der Waals surface area contributed by atoms with E-state index in [1.54, 1.807) is 25.2 Å². The molecular weight excluding hydrogens is 418 g/mol. The maximum absolute atomic E-state index is 13.9. The van der Waals surface area contributed by atoms with E-state index in [0.29, 0.717) is 37.3 Å². The summed E-state index contributed by atoms with van der Waals surface area (Å²) in [5.74, 6) is 0.411. The number of hydrogen-bond donors (Lipinski definition) is 0. The molecule has 0 unspecified atom stereocenters. The molecule has 6 heteroatoms. The van der Waals surface area contributed by atoms with Gasteiger partial charge in [-0.2, -0.15) is 0 Å². The summed E-state index contributed by atoms with van der Waals surface area (Å²) in [5, 5.41) is 0. The van der Waals surface area contributed by atoms with Gasteiger partial charge in [0.1, 0.15) is 16.9 Å². The van der Waals surface area contributed by atoms with Crippen LogP contribution in [0.2, 0.25) is 0 Å². The van der Waals surface area contributed by atoms with Gasteiger partial charge in [-0.1, -0.05) is 40.7 Å². The Hall–Kier alpha value is -2.08. The highest BCUT2D eigenvalue weighted by Crippen LogP contribution is 2.42. The quantitative estimate of drug-likeness (QED) is 0.520. The Labute approximate surface area is 200 Å². The summed E-state index contributed by atoms with van der Waals surface area (Å²) in [6, 6.07) is 5.58. The smallest absolute Gasteiger partial charge is 0.332 e. The van der Waals surface area contributed by atoms with Crippen LogP contribution in [0.4, 0.5) is 0 Å². The lowest BCUT2D eigenvalue weighted by Gasteiger charge is -2.39. The molecule has 1 saturated heterocycles. The summed E-state index contributed by atoms with van der Waals surface area (Å²) in [4.78, 5) is 29.3. The van der Waals surface area contributed by atoms with Crippen LogP contribution in [0.25, 0.3) is 0 Å². The van der Waals surface area contributed by atoms with E-state index in [1.807, 2.05) is 32.9 Å². The third-order valence-corrected chi connectivity index (χ3v) is 6.01. The fourth-order valence-electron chi connectivity index (χ4n) is 4.83. The lowest BCUT2D eigenvalue weighted by molar-refractivity contribution is -0.168. The molecule has 1 fully saturated rings. The van der Waals surface area contributed by atoms with Gasteiger partial charge in [-0.3, -0.25) is 4.79 Å². The molecule has 0 N–H and O–H groups in total. The predicted molar refractivity (Wildman–Crippen MR) is 131 cm³/mol. The molecular formula is C27H43NO5. The topological polar surface area (TPSA) is 65.1 Å². The van der Waals surface area contributed by atoms with Gasteiger partial charge >= 0.3 is 5.97 Å². The van der Waals surface area contributed by atoms with E-state index >= 15 is 0 Å². The fraction of sp³-hybridized carbons (Fsp3) is 0.704. The summed E-state index contributed by atoms with van der Waals surface area (Å²) < 4.78 is 16.9. The largest absolute Gasteiger partial charge is 0.496 e. The number of carbonyl (C=O) groups excluding carboxylic acids is 2. The zero-order valence-corrected chi connectivity index (χ0v) is 22.2. The molecule has 2 atom stereocenters. The Morgan fingerprint density at radius 2 is 1.76 bits per heavy atom. The molecule has 1 amide bonds. The van der Waals surface area contributed by atoms with Gasteiger partial charge in [-0.15, -0.1) is 0 Å². The molecule has 1 heterocycles. The van der Waals surface area contributed by atoms with Crippen molar-refractivity contribution >= 4 is 11.9 Å². The number of rotatable bonds is 7. The monoisotopic (exact) mass is 461 g/mol. The second kappa shape index (κ2) is 10.0. The standard InChI is InChI=1S/C27H43NO5/c1-18(2)14-27(24(30)33-26(6,7)8)15-19(17-31-9)16-28(27)23(29)20-11-12-21(25(3,4)5)22(13-20)32-10/h11-13,18-19H,14-17H2,1-10H3/t19-,27+/m1/s1. The Bertz CT molecular complexity index is 849. The zero-order chi connectivity index (χ0) is 25.2. The maximum Gasteiger partial charge on any atom is 0.332 e. The molecule has 33 heavy (non-hydrogen) atoms. The van der Waals surface area contributed by atoms with Crippen LogP contribution in [0, 0.1) is 11.8 Å². The number of amides is 1. The van der Waals surface area contributed by atoms with Crippen LogP contribution in [0.3, 0.4) is 0 Å². The summed E-state index contributed by atoms with van der Waals surface area (Å²) in [6.07, 6.45) is 1.06. The number of likely N-dealkylation sites (tertiary alicyclic amines) is 1. The van der Waals surface area contributed by atoms with Crippen molar-refractivity contribution < 1.29 is 23.8 Å². The van der Waals surface area contributed by atoms with Crippen molar-refractivity contribution in [2.75, 3.05) is 27.4 Å². The van der Waals surface area contributed by atoms with Gasteiger partial charge in [0.2, 0.25) is 0 Å². The maximum atomic E-state index is 13.9. The molecule has 1 aliphatic rings. The van der Waals surface area contributed by atoms with Crippen molar-refractivity contribution in [3.8, 4) is 5.75 Å². The Balaban J connectivity index is 2.56. The molecule has 0 spiro atoms. The van der Waals surface area contributed by atoms with E-state index < -0.39 is 11.1 Å². The van der Waals surface area contributed by atoms with Crippen molar-refractivity contribution in [2.45, 2.75) is 84.8 Å². The van der Waals surface area contributed by atoms with E-state index in [0.717, 1.165) is 5.56 Å². The van der Waals surface area contributed by atoms with Crippen LogP contribution >= 0.6 is 0 Å². The van der Waals surface area contributed by atoms with Crippen molar-refractivity contribution in [3.05, 3.63) is 29.3 Å². The highest BCUT2D eigenvalue weighted by atomic mass is 16.6. The minimum atomic E-state index is -1.03. The number of ether oxygens (including phenoxy) is 3. The molecule has 0 aliphatic carbocycles. The fourth-order valence-corrected chi connectivity index (χ4v) is 4.83. The van der Waals surface area contributed by atoms with E-state index in [9.17, 15) is 9.59 Å². The Morgan fingerprint density at radius 1 is 1.12 bits per heavy atom. The average Bonchev–Trinajstić information content (AvgIpc) is 3.03. The molecule has 1 aromatic carbocycles. The van der Waals surface area contributed by atoms with Crippen LogP contribution in [0.1, 0.15) is 84.2 Å². The minimum absolute atomic E-state index is 0.0564. The highest BCUT2D eigenvalue weighted by Gasteiger charge is 2.55. The molecule has 0 radical (unpaired) electrons. The summed E-state index contributed by atoms with van der Waals surface area (Å²) in [5.41, 5.74) is -0.262. The van der Waals surface area contributed by atoms with Crippen LogP contribution < -0.4 is 4.74 Å². The van der Waals surface area contributed by atoms with E-state index in [4.69, 9.17) is 14.2 Å². The molecule has 0 saturated carbocycles. The van der Waals surface area contributed by atoms with Crippen LogP contribution in [0.15, 0.2) is 18.2 Å². The Kier molecular flexibility index (Phi) is 8.27. The van der Waals surface area contributed by atoms with Crippen LogP contribution in [-0.2, 0) is 19.7 Å². The summed E-state index contributed by atoms with van der Waals surface area (Å²) >= 11 is 0. The number of carbonyl (C=O) groups is 2. The zero-order valence-electron chi connectivity index (χ0n) is 22.2. The van der Waals surface area contributed by atoms with Gasteiger partial charge in [0.25, 0.3) is 5.91 Å². The van der Waals surface area contributed by atoms with Crippen LogP contribution in [-0.4, -0.2) is 55.3 Å². The molecule has 1 aliphatic heterocycles. The van der Waals surface area contributed by atoms with E-state index in [2.05, 4.69) is 34.6 Å². The van der Waals surface area contributed by atoms with Crippen LogP contribution in [0.5, 0.6) is 5.75 Å². The van der Waals surface area contributed by atoms with E-state index in [1.165, 1.54) is 0 Å². The first-order valence-electron chi connectivity index (χ1n) is 11.9. The highest BCUT2D eigenvalue weighted by molar-refractivity contribution is 5.99. The first kappa shape index (κ1) is 27.2. The molecule has 2 rings (SSSR count). The predicted octanol–water partition coefficient (Wildman–Crippen LogP) is 5.23. The van der Waals surface area contributed by atoms with Crippen molar-refractivity contribution in [1.29, 1.82) is 0 Å². The Morgan fingerprint density at radius 3 is 2.24 bits per heavy atom. The number of nitrogens with zero attached hydrogens (tertiary/aromatic N) is 1. The SMILES string of the molecule is COC[C@H]1CN(C(=O)c2ccc(C(C)(C)C)c(OC)c2)[C@](CC(C)C)(C(=O)OC(C)(C)C)C1. The molecule has 6 nitrogen and oxygen atoms in total. The number of hydrogen-bond acceptors (Lipinski definition) is 5. The lowest BCUT2D eigenvalue weighted by Crippen LogP contribution is -2.55. The molecule has 0 aromatic heterocycles. The molecule has 0 bridgehead atoms. The van der Waals surface area contributed by atoms with Gasteiger partial charge in [-0.25, -0.2) is 4.79 Å². The number of methoxy groups -OCH3 is 2. The van der Waals surface area contributed by atoms with Crippen molar-refractivity contribution in [1.82, 2.24) is 4.90 Å². The van der Waals surface area contributed by atoms with E-state index in [-0.39, 0.29) is 29.1 Å². The normalized spacial score (nSPS) is 21.4. The summed E-state index contributed by atoms with van der Waals surface area (Å²) in [7, 11) is 3.27. The third-order valence-electron chi connectivity index (χ3n) is 6.01. The molecule has 186 valence electrons. The third kappa shape index (κ3) is 6.28. The summed E-state index contributed by atoms with van der Waals surface area (Å²) in [6.45, 7) is 17.0. The second-order valence-corrected chi connectivity index (χ2v) is 11.7. The minimum Gasteiger partial charge on any atom is -0.496 e. The van der Waals surface area contributed by atoms with Gasteiger partial charge in [0.15, 0.2) is 0 Å². The van der Waals surface area contributed by atoms with Gasteiger partial charge in [0, 0.05) is 25.1 Å². The molecule has 1 aromatic rings. The van der Waals surface area contributed by atoms with Crippen molar-refractivity contribution in [3.63, 3.8) is 0 Å². The van der Waals surface area contributed by atoms with Gasteiger partial charge < -0.3 is 19.1 Å². The number of esters is 1. The van der Waals surface area contributed by atoms with Crippen molar-refractivity contribution in [2.24, 2.45) is 11.8 Å². The first-order valence-corrected chi connectivity index (χ1v) is 11.9. The van der Waals surface area contributed by atoms with Gasteiger partial charge in [-0.05, 0) is 62.6 Å². The average molecular weight is 462 g/mol.